The van der Waals surface area contributed by atoms with Crippen LogP contribution < -0.4 is 10.6 Å². The SMILES string of the molecule is Cc1ccc(NC(=S)Nc2cccc(S(=O)(=O)N(C)C)c2)cc1[N+](=O)[O-]. The molecule has 138 valence electrons. The second kappa shape index (κ2) is 7.77. The van der Waals surface area contributed by atoms with Crippen LogP contribution in [-0.4, -0.2) is 36.9 Å². The van der Waals surface area contributed by atoms with Crippen LogP contribution in [0.5, 0.6) is 0 Å². The fourth-order valence-corrected chi connectivity index (χ4v) is 3.31. The van der Waals surface area contributed by atoms with E-state index in [4.69, 9.17) is 12.2 Å². The maximum absolute atomic E-state index is 12.2. The van der Waals surface area contributed by atoms with Crippen molar-refractivity contribution in [3.8, 4) is 0 Å². The van der Waals surface area contributed by atoms with E-state index in [2.05, 4.69) is 10.6 Å². The monoisotopic (exact) mass is 394 g/mol. The maximum Gasteiger partial charge on any atom is 0.274 e. The number of anilines is 2. The summed E-state index contributed by atoms with van der Waals surface area (Å²) in [4.78, 5) is 10.7. The summed E-state index contributed by atoms with van der Waals surface area (Å²) >= 11 is 5.20. The maximum atomic E-state index is 12.2. The Hall–Kier alpha value is -2.56. The molecule has 0 radical (unpaired) electrons. The number of rotatable bonds is 5. The van der Waals surface area contributed by atoms with Crippen LogP contribution in [0.15, 0.2) is 47.4 Å². The average Bonchev–Trinajstić information content (AvgIpc) is 2.56. The van der Waals surface area contributed by atoms with Crippen molar-refractivity contribution in [1.29, 1.82) is 0 Å². The molecule has 0 saturated carbocycles. The fourth-order valence-electron chi connectivity index (χ4n) is 2.12. The Balaban J connectivity index is 2.16. The van der Waals surface area contributed by atoms with Gasteiger partial charge in [0, 0.05) is 37.1 Å². The molecule has 0 unspecified atom stereocenters. The minimum atomic E-state index is -3.56. The van der Waals surface area contributed by atoms with Crippen molar-refractivity contribution >= 4 is 44.4 Å². The lowest BCUT2D eigenvalue weighted by molar-refractivity contribution is -0.385. The molecule has 26 heavy (non-hydrogen) atoms. The number of sulfonamides is 1. The molecular formula is C16H18N4O4S2. The van der Waals surface area contributed by atoms with Gasteiger partial charge in [-0.1, -0.05) is 12.1 Å². The molecule has 0 aliphatic carbocycles. The zero-order valence-electron chi connectivity index (χ0n) is 14.4. The normalized spacial score (nSPS) is 11.2. The predicted octanol–water partition coefficient (Wildman–Crippen LogP) is 2.96. The summed E-state index contributed by atoms with van der Waals surface area (Å²) in [5, 5.41) is 16.9. The summed E-state index contributed by atoms with van der Waals surface area (Å²) in [5.41, 5.74) is 1.46. The van der Waals surface area contributed by atoms with Gasteiger partial charge in [0.05, 0.1) is 9.82 Å². The number of nitrogens with one attached hydrogen (secondary N) is 2. The number of nitro benzene ring substituents is 1. The Labute approximate surface area is 157 Å². The Morgan fingerprint density at radius 3 is 2.31 bits per heavy atom. The van der Waals surface area contributed by atoms with Crippen molar-refractivity contribution in [3.05, 3.63) is 58.1 Å². The van der Waals surface area contributed by atoms with E-state index in [0.29, 0.717) is 16.9 Å². The Morgan fingerprint density at radius 1 is 1.12 bits per heavy atom. The summed E-state index contributed by atoms with van der Waals surface area (Å²) in [6, 6.07) is 10.9. The molecule has 2 rings (SSSR count). The van der Waals surface area contributed by atoms with E-state index in [1.807, 2.05) is 0 Å². The third-order valence-electron chi connectivity index (χ3n) is 3.53. The molecule has 0 aromatic heterocycles. The molecule has 2 N–H and O–H groups in total. The van der Waals surface area contributed by atoms with Gasteiger partial charge in [-0.05, 0) is 43.4 Å². The Morgan fingerprint density at radius 2 is 1.73 bits per heavy atom. The predicted molar refractivity (Wildman–Crippen MR) is 105 cm³/mol. The molecule has 0 amide bonds. The van der Waals surface area contributed by atoms with Crippen molar-refractivity contribution in [2.24, 2.45) is 0 Å². The first-order chi connectivity index (χ1) is 12.1. The standard InChI is InChI=1S/C16H18N4O4S2/c1-11-7-8-13(10-15(11)20(21)22)18-16(25)17-12-5-4-6-14(9-12)26(23,24)19(2)3/h4-10H,1-3H3,(H2,17,18,25). The first kappa shape index (κ1) is 19.8. The lowest BCUT2D eigenvalue weighted by Gasteiger charge is -2.14. The number of hydrogen-bond acceptors (Lipinski definition) is 5. The van der Waals surface area contributed by atoms with Crippen molar-refractivity contribution in [2.45, 2.75) is 11.8 Å². The lowest BCUT2D eigenvalue weighted by atomic mass is 10.2. The molecule has 0 spiro atoms. The first-order valence-corrected chi connectivity index (χ1v) is 9.32. The number of thiocarbonyl (C=S) groups is 1. The number of aryl methyl sites for hydroxylation is 1. The van der Waals surface area contributed by atoms with Gasteiger partial charge in [0.15, 0.2) is 5.11 Å². The Bertz CT molecular complexity index is 958. The van der Waals surface area contributed by atoms with Gasteiger partial charge in [-0.25, -0.2) is 12.7 Å². The summed E-state index contributed by atoms with van der Waals surface area (Å²) in [6.45, 7) is 1.65. The van der Waals surface area contributed by atoms with Crippen molar-refractivity contribution < 1.29 is 13.3 Å². The third kappa shape index (κ3) is 4.54. The van der Waals surface area contributed by atoms with E-state index in [9.17, 15) is 18.5 Å². The number of nitrogens with zero attached hydrogens (tertiary/aromatic N) is 2. The van der Waals surface area contributed by atoms with Gasteiger partial charge in [0.25, 0.3) is 5.69 Å². The zero-order valence-corrected chi connectivity index (χ0v) is 16.0. The molecule has 0 aliphatic rings. The van der Waals surface area contributed by atoms with E-state index < -0.39 is 14.9 Å². The molecule has 0 fully saturated rings. The van der Waals surface area contributed by atoms with Crippen LogP contribution in [0.4, 0.5) is 17.1 Å². The van der Waals surface area contributed by atoms with Crippen molar-refractivity contribution in [3.63, 3.8) is 0 Å². The van der Waals surface area contributed by atoms with Gasteiger partial charge >= 0.3 is 0 Å². The third-order valence-corrected chi connectivity index (χ3v) is 5.55. The molecular weight excluding hydrogens is 376 g/mol. The van der Waals surface area contributed by atoms with Gasteiger partial charge in [-0.15, -0.1) is 0 Å². The average molecular weight is 394 g/mol. The molecule has 0 bridgehead atoms. The summed E-state index contributed by atoms with van der Waals surface area (Å²) in [7, 11) is -0.659. The van der Waals surface area contributed by atoms with Crippen LogP contribution >= 0.6 is 12.2 Å². The van der Waals surface area contributed by atoms with Crippen LogP contribution in [0.1, 0.15) is 5.56 Å². The zero-order chi connectivity index (χ0) is 19.5. The summed E-state index contributed by atoms with van der Waals surface area (Å²) in [6.07, 6.45) is 0. The second-order valence-corrected chi connectivity index (χ2v) is 8.21. The minimum absolute atomic E-state index is 0.0168. The van der Waals surface area contributed by atoms with E-state index in [-0.39, 0.29) is 15.7 Å². The second-order valence-electron chi connectivity index (χ2n) is 5.65. The lowest BCUT2D eigenvalue weighted by Crippen LogP contribution is -2.23. The van der Waals surface area contributed by atoms with Crippen LogP contribution in [0, 0.1) is 17.0 Å². The van der Waals surface area contributed by atoms with Crippen LogP contribution in [-0.2, 0) is 10.0 Å². The van der Waals surface area contributed by atoms with Gasteiger partial charge in [-0.3, -0.25) is 10.1 Å². The molecule has 0 atom stereocenters. The van der Waals surface area contributed by atoms with Crippen LogP contribution in [0.25, 0.3) is 0 Å². The van der Waals surface area contributed by atoms with Crippen LogP contribution in [0.3, 0.4) is 0 Å². The number of benzene rings is 2. The highest BCUT2D eigenvalue weighted by Gasteiger charge is 2.17. The highest BCUT2D eigenvalue weighted by molar-refractivity contribution is 7.89. The quantitative estimate of drug-likeness (QED) is 0.456. The van der Waals surface area contributed by atoms with Crippen LogP contribution in [0.2, 0.25) is 0 Å². The molecule has 0 saturated heterocycles. The van der Waals surface area contributed by atoms with E-state index >= 15 is 0 Å². The van der Waals surface area contributed by atoms with E-state index in [1.54, 1.807) is 31.2 Å². The first-order valence-electron chi connectivity index (χ1n) is 7.47. The summed E-state index contributed by atoms with van der Waals surface area (Å²) in [5.74, 6) is 0. The Kier molecular flexibility index (Phi) is 5.90. The number of hydrogen-bond donors (Lipinski definition) is 2. The number of nitro groups is 1. The molecule has 2 aromatic carbocycles. The van der Waals surface area contributed by atoms with Crippen molar-refractivity contribution in [1.82, 2.24) is 4.31 Å². The molecule has 0 heterocycles. The summed E-state index contributed by atoms with van der Waals surface area (Å²) < 4.78 is 25.5. The van der Waals surface area contributed by atoms with Gasteiger partial charge < -0.3 is 10.6 Å². The molecule has 2 aromatic rings. The van der Waals surface area contributed by atoms with Gasteiger partial charge in [-0.2, -0.15) is 0 Å². The van der Waals surface area contributed by atoms with Gasteiger partial charge in [0.2, 0.25) is 10.0 Å². The fraction of sp³-hybridized carbons (Fsp3) is 0.188. The topological polar surface area (TPSA) is 105 Å². The smallest absolute Gasteiger partial charge is 0.274 e. The van der Waals surface area contributed by atoms with Gasteiger partial charge in [0.1, 0.15) is 0 Å². The highest BCUT2D eigenvalue weighted by atomic mass is 32.2. The van der Waals surface area contributed by atoms with Crippen molar-refractivity contribution in [2.75, 3.05) is 24.7 Å². The van der Waals surface area contributed by atoms with E-state index in [0.717, 1.165) is 4.31 Å². The highest BCUT2D eigenvalue weighted by Crippen LogP contribution is 2.23. The van der Waals surface area contributed by atoms with E-state index in [1.165, 1.54) is 32.3 Å². The minimum Gasteiger partial charge on any atom is -0.332 e. The largest absolute Gasteiger partial charge is 0.332 e. The molecule has 10 heteroatoms. The molecule has 8 nitrogen and oxygen atoms in total. The molecule has 0 aliphatic heterocycles.